The van der Waals surface area contributed by atoms with E-state index in [1.165, 1.54) is 36.7 Å². The van der Waals surface area contributed by atoms with Crippen LogP contribution in [0.5, 0.6) is 0 Å². The number of nitrogen functional groups attached to an aromatic ring is 1. The van der Waals surface area contributed by atoms with Crippen LogP contribution in [0.25, 0.3) is 32.3 Å². The Balaban J connectivity index is 1.94. The largest absolute Gasteiger partial charge is 0.398 e. The Hall–Kier alpha value is -1.35. The van der Waals surface area contributed by atoms with Crippen LogP contribution in [-0.4, -0.2) is 52.4 Å². The van der Waals surface area contributed by atoms with Crippen molar-refractivity contribution in [3.63, 3.8) is 0 Å². The third kappa shape index (κ3) is 4.79. The molecule has 0 saturated carbocycles. The molecule has 0 fully saturated rings. The van der Waals surface area contributed by atoms with Gasteiger partial charge in [-0.3, -0.25) is 0 Å². The van der Waals surface area contributed by atoms with Crippen LogP contribution in [0.4, 0.5) is 5.69 Å². The van der Waals surface area contributed by atoms with Gasteiger partial charge in [-0.15, -0.1) is 35.3 Å². The summed E-state index contributed by atoms with van der Waals surface area (Å²) in [4.78, 5) is 3.61. The van der Waals surface area contributed by atoms with Crippen LogP contribution in [0.3, 0.4) is 0 Å². The average Bonchev–Trinajstić information content (AvgIpc) is 2.80. The van der Waals surface area contributed by atoms with Gasteiger partial charge in [0.1, 0.15) is 0 Å². The first-order valence-corrected chi connectivity index (χ1v) is 13.9. The van der Waals surface area contributed by atoms with E-state index in [1.54, 1.807) is 35.3 Å². The van der Waals surface area contributed by atoms with Gasteiger partial charge in [-0.1, -0.05) is 24.3 Å². The SMILES string of the molecule is Nc1cc(SCCCO)c2ccc3c(SCCCO)cc(SCCCO)c4ccc1c2c43. The molecular formula is C25H29NO3S3. The molecule has 0 amide bonds. The van der Waals surface area contributed by atoms with Crippen LogP contribution in [0.2, 0.25) is 0 Å². The van der Waals surface area contributed by atoms with E-state index in [0.717, 1.165) is 52.5 Å². The van der Waals surface area contributed by atoms with Gasteiger partial charge >= 0.3 is 0 Å². The molecule has 0 bridgehead atoms. The van der Waals surface area contributed by atoms with Gasteiger partial charge < -0.3 is 21.1 Å². The molecule has 4 nitrogen and oxygen atoms in total. The second kappa shape index (κ2) is 11.2. The molecule has 170 valence electrons. The standard InChI is InChI=1S/C25H29NO3S3/c26-20-14-21(30-11-1-8-27)17-6-7-19-23(32-13-3-10-29)15-22(31-12-2-9-28)18-5-4-16(20)24(17)25(18)19/h4-7,14-15,27-29H,1-3,8-13,26H2. The highest BCUT2D eigenvalue weighted by molar-refractivity contribution is 8.00. The normalized spacial score (nSPS) is 12.0. The number of nitrogens with two attached hydrogens (primary N) is 1. The molecule has 0 aliphatic heterocycles. The minimum atomic E-state index is 0.192. The third-order valence-electron chi connectivity index (χ3n) is 5.50. The highest BCUT2D eigenvalue weighted by Crippen LogP contribution is 2.46. The number of rotatable bonds is 12. The lowest BCUT2D eigenvalue weighted by molar-refractivity contribution is 0.296. The van der Waals surface area contributed by atoms with Crippen LogP contribution < -0.4 is 5.73 Å². The van der Waals surface area contributed by atoms with E-state index in [2.05, 4.69) is 36.4 Å². The summed E-state index contributed by atoms with van der Waals surface area (Å²) in [5, 5.41) is 34.9. The van der Waals surface area contributed by atoms with E-state index in [1.807, 2.05) is 0 Å². The zero-order chi connectivity index (χ0) is 22.5. The minimum absolute atomic E-state index is 0.192. The van der Waals surface area contributed by atoms with Gasteiger partial charge in [0.25, 0.3) is 0 Å². The number of hydrogen-bond donors (Lipinski definition) is 4. The van der Waals surface area contributed by atoms with Crippen molar-refractivity contribution in [2.75, 3.05) is 42.8 Å². The maximum atomic E-state index is 9.25. The molecule has 0 radical (unpaired) electrons. The molecule has 0 aliphatic rings. The lowest BCUT2D eigenvalue weighted by Crippen LogP contribution is -1.96. The number of thioether (sulfide) groups is 3. The Labute approximate surface area is 201 Å². The van der Waals surface area contributed by atoms with E-state index in [4.69, 9.17) is 5.73 Å². The summed E-state index contributed by atoms with van der Waals surface area (Å²) < 4.78 is 0. The quantitative estimate of drug-likeness (QED) is 0.0897. The van der Waals surface area contributed by atoms with Gasteiger partial charge in [0.15, 0.2) is 0 Å². The summed E-state index contributed by atoms with van der Waals surface area (Å²) in [6.45, 7) is 0.584. The van der Waals surface area contributed by atoms with Gasteiger partial charge in [-0.25, -0.2) is 0 Å². The molecule has 0 saturated heterocycles. The van der Waals surface area contributed by atoms with Crippen molar-refractivity contribution in [2.45, 2.75) is 33.9 Å². The van der Waals surface area contributed by atoms with E-state index < -0.39 is 0 Å². The van der Waals surface area contributed by atoms with Crippen LogP contribution in [0.15, 0.2) is 51.1 Å². The average molecular weight is 488 g/mol. The van der Waals surface area contributed by atoms with E-state index in [9.17, 15) is 15.3 Å². The van der Waals surface area contributed by atoms with Crippen molar-refractivity contribution < 1.29 is 15.3 Å². The lowest BCUT2D eigenvalue weighted by Gasteiger charge is -2.19. The molecule has 0 aliphatic carbocycles. The first kappa shape index (κ1) is 23.8. The van der Waals surface area contributed by atoms with Gasteiger partial charge in [0.2, 0.25) is 0 Å². The number of anilines is 1. The minimum Gasteiger partial charge on any atom is -0.398 e. The number of aliphatic hydroxyl groups excluding tert-OH is 3. The van der Waals surface area contributed by atoms with Crippen LogP contribution >= 0.6 is 35.3 Å². The maximum Gasteiger partial charge on any atom is 0.0439 e. The first-order chi connectivity index (χ1) is 15.7. The Morgan fingerprint density at radius 1 is 0.562 bits per heavy atom. The smallest absolute Gasteiger partial charge is 0.0439 e. The summed E-state index contributed by atoms with van der Waals surface area (Å²) in [6.07, 6.45) is 2.28. The lowest BCUT2D eigenvalue weighted by atomic mass is 9.93. The molecule has 5 N–H and O–H groups in total. The Morgan fingerprint density at radius 2 is 0.938 bits per heavy atom. The molecule has 0 spiro atoms. The molecule has 4 rings (SSSR count). The zero-order valence-corrected chi connectivity index (χ0v) is 20.4. The Kier molecular flexibility index (Phi) is 8.32. The fourth-order valence-electron chi connectivity index (χ4n) is 4.02. The van der Waals surface area contributed by atoms with Crippen LogP contribution in [0.1, 0.15) is 19.3 Å². The van der Waals surface area contributed by atoms with E-state index in [-0.39, 0.29) is 19.8 Å². The molecule has 7 heteroatoms. The van der Waals surface area contributed by atoms with Gasteiger partial charge in [-0.05, 0) is 52.9 Å². The summed E-state index contributed by atoms with van der Waals surface area (Å²) in [7, 11) is 0. The highest BCUT2D eigenvalue weighted by atomic mass is 32.2. The fourth-order valence-corrected chi connectivity index (χ4v) is 7.17. The maximum absolute atomic E-state index is 9.25. The second-order valence-corrected chi connectivity index (χ2v) is 11.1. The number of aliphatic hydroxyl groups is 3. The van der Waals surface area contributed by atoms with Crippen LogP contribution in [0, 0.1) is 0 Å². The van der Waals surface area contributed by atoms with Crippen molar-refractivity contribution in [1.29, 1.82) is 0 Å². The van der Waals surface area contributed by atoms with Gasteiger partial charge in [0, 0.05) is 68.2 Å². The molecule has 4 aromatic carbocycles. The summed E-state index contributed by atoms with van der Waals surface area (Å²) >= 11 is 5.33. The monoisotopic (exact) mass is 487 g/mol. The summed E-state index contributed by atoms with van der Waals surface area (Å²) in [5.41, 5.74) is 7.30. The fraction of sp³-hybridized carbons (Fsp3) is 0.360. The zero-order valence-electron chi connectivity index (χ0n) is 18.0. The van der Waals surface area contributed by atoms with E-state index in [0.29, 0.717) is 0 Å². The molecule has 0 unspecified atom stereocenters. The predicted octanol–water partition coefficient (Wildman–Crippen LogP) is 5.59. The van der Waals surface area contributed by atoms with Crippen molar-refractivity contribution >= 4 is 73.3 Å². The highest BCUT2D eigenvalue weighted by Gasteiger charge is 2.18. The molecule has 0 heterocycles. The van der Waals surface area contributed by atoms with Crippen LogP contribution in [-0.2, 0) is 0 Å². The first-order valence-electron chi connectivity index (χ1n) is 10.9. The second-order valence-electron chi connectivity index (χ2n) is 7.69. The summed E-state index contributed by atoms with van der Waals surface area (Å²) in [6, 6.07) is 13.1. The third-order valence-corrected chi connectivity index (χ3v) is 8.92. The van der Waals surface area contributed by atoms with Gasteiger partial charge in [0.05, 0.1) is 0 Å². The molecule has 0 aromatic heterocycles. The van der Waals surface area contributed by atoms with E-state index >= 15 is 0 Å². The molecule has 32 heavy (non-hydrogen) atoms. The Morgan fingerprint density at radius 3 is 1.38 bits per heavy atom. The Bertz CT molecular complexity index is 1170. The summed E-state index contributed by atoms with van der Waals surface area (Å²) in [5.74, 6) is 2.58. The topological polar surface area (TPSA) is 86.7 Å². The van der Waals surface area contributed by atoms with Crippen molar-refractivity contribution in [3.8, 4) is 0 Å². The predicted molar refractivity (Wildman–Crippen MR) is 142 cm³/mol. The molecule has 4 aromatic rings. The number of benzene rings is 4. The van der Waals surface area contributed by atoms with Crippen molar-refractivity contribution in [1.82, 2.24) is 0 Å². The van der Waals surface area contributed by atoms with Crippen molar-refractivity contribution in [3.05, 3.63) is 36.4 Å². The van der Waals surface area contributed by atoms with Crippen molar-refractivity contribution in [2.24, 2.45) is 0 Å². The molecule has 0 atom stereocenters. The number of hydrogen-bond acceptors (Lipinski definition) is 7. The van der Waals surface area contributed by atoms with Gasteiger partial charge in [-0.2, -0.15) is 0 Å². The molecular weight excluding hydrogens is 458 g/mol.